The van der Waals surface area contributed by atoms with Gasteiger partial charge in [0.15, 0.2) is 0 Å². The molecule has 7 atom stereocenters. The van der Waals surface area contributed by atoms with Gasteiger partial charge in [0, 0.05) is 17.8 Å². The van der Waals surface area contributed by atoms with Crippen LogP contribution in [0.4, 0.5) is 0 Å². The number of hydrogen-bond acceptors (Lipinski definition) is 2. The third-order valence-electron chi connectivity index (χ3n) is 8.28. The summed E-state index contributed by atoms with van der Waals surface area (Å²) in [5.74, 6) is 2.86. The highest BCUT2D eigenvalue weighted by Gasteiger charge is 2.62. The first kappa shape index (κ1) is 14.2. The quantitative estimate of drug-likeness (QED) is 0.733. The summed E-state index contributed by atoms with van der Waals surface area (Å²) in [6.45, 7) is 4.70. The number of carbonyl (C=O) groups excluding carboxylic acids is 1. The van der Waals surface area contributed by atoms with Crippen LogP contribution in [0.3, 0.4) is 0 Å². The molecule has 118 valence electrons. The van der Waals surface area contributed by atoms with Gasteiger partial charge in [0.2, 0.25) is 0 Å². The van der Waals surface area contributed by atoms with E-state index in [4.69, 9.17) is 0 Å². The Morgan fingerprint density at radius 1 is 1.05 bits per heavy atom. The molecule has 0 saturated heterocycles. The molecule has 4 rings (SSSR count). The van der Waals surface area contributed by atoms with Gasteiger partial charge in [-0.2, -0.15) is 0 Å². The van der Waals surface area contributed by atoms with Gasteiger partial charge in [0.1, 0.15) is 5.78 Å². The van der Waals surface area contributed by atoms with Crippen LogP contribution >= 0.6 is 0 Å². The molecule has 0 heterocycles. The van der Waals surface area contributed by atoms with Crippen LogP contribution in [0.5, 0.6) is 0 Å². The zero-order chi connectivity index (χ0) is 14.8. The number of carbonyl (C=O) groups is 1. The molecule has 2 heteroatoms. The summed E-state index contributed by atoms with van der Waals surface area (Å²) in [5, 5.41) is 10.6. The zero-order valence-electron chi connectivity index (χ0n) is 13.6. The Labute approximate surface area is 128 Å². The van der Waals surface area contributed by atoms with E-state index < -0.39 is 0 Å². The SMILES string of the molecule is C[C@]12CCCC[C@@H]1CC[C@H]1[C@@H]3[C@@H](O)CC(=O)[C@@]3(C)CC[C@@H]12. The Hall–Kier alpha value is -0.370. The van der Waals surface area contributed by atoms with Crippen LogP contribution in [-0.4, -0.2) is 17.0 Å². The molecule has 2 nitrogen and oxygen atoms in total. The van der Waals surface area contributed by atoms with Crippen molar-refractivity contribution in [2.45, 2.75) is 77.7 Å². The van der Waals surface area contributed by atoms with Gasteiger partial charge in [-0.25, -0.2) is 0 Å². The Balaban J connectivity index is 1.69. The molecular weight excluding hydrogens is 260 g/mol. The van der Waals surface area contributed by atoms with Gasteiger partial charge in [-0.3, -0.25) is 4.79 Å². The highest BCUT2D eigenvalue weighted by atomic mass is 16.3. The summed E-state index contributed by atoms with van der Waals surface area (Å²) < 4.78 is 0. The normalized spacial score (nSPS) is 56.5. The third-order valence-corrected chi connectivity index (χ3v) is 8.28. The lowest BCUT2D eigenvalue weighted by atomic mass is 9.45. The second-order valence-electron chi connectivity index (χ2n) is 8.97. The van der Waals surface area contributed by atoms with E-state index in [0.29, 0.717) is 23.5 Å². The first-order valence-corrected chi connectivity index (χ1v) is 9.18. The second-order valence-corrected chi connectivity index (χ2v) is 8.97. The summed E-state index contributed by atoms with van der Waals surface area (Å²) >= 11 is 0. The van der Waals surface area contributed by atoms with E-state index in [0.717, 1.165) is 18.3 Å². The molecule has 0 spiro atoms. The number of hydrogen-bond donors (Lipinski definition) is 1. The molecule has 1 N–H and O–H groups in total. The lowest BCUT2D eigenvalue weighted by Gasteiger charge is -2.59. The molecule has 0 aromatic carbocycles. The van der Waals surface area contributed by atoms with Crippen molar-refractivity contribution in [3.05, 3.63) is 0 Å². The molecule has 4 fully saturated rings. The van der Waals surface area contributed by atoms with Crippen molar-refractivity contribution in [3.63, 3.8) is 0 Å². The fourth-order valence-electron chi connectivity index (χ4n) is 7.13. The standard InChI is InChI=1S/C19H30O2/c1-18-9-4-3-5-12(18)6-7-13-14(18)8-10-19(2)16(21)11-15(20)17(13)19/h12-15,17,20H,3-11H2,1-2H3/t12-,13-,14+,15+,17-,18+,19-/m1/s1. The predicted molar refractivity (Wildman–Crippen MR) is 82.7 cm³/mol. The van der Waals surface area contributed by atoms with Crippen molar-refractivity contribution in [1.29, 1.82) is 0 Å². The first-order valence-electron chi connectivity index (χ1n) is 9.18. The van der Waals surface area contributed by atoms with E-state index in [-0.39, 0.29) is 17.4 Å². The maximum Gasteiger partial charge on any atom is 0.141 e. The van der Waals surface area contributed by atoms with Crippen molar-refractivity contribution in [2.75, 3.05) is 0 Å². The van der Waals surface area contributed by atoms with Crippen LogP contribution in [-0.2, 0) is 4.79 Å². The molecule has 21 heavy (non-hydrogen) atoms. The lowest BCUT2D eigenvalue weighted by molar-refractivity contribution is -0.143. The summed E-state index contributed by atoms with van der Waals surface area (Å²) in [4.78, 5) is 12.4. The van der Waals surface area contributed by atoms with Crippen LogP contribution in [0.25, 0.3) is 0 Å². The van der Waals surface area contributed by atoms with E-state index in [2.05, 4.69) is 13.8 Å². The number of rotatable bonds is 0. The summed E-state index contributed by atoms with van der Waals surface area (Å²) in [6, 6.07) is 0. The monoisotopic (exact) mass is 290 g/mol. The number of fused-ring (bicyclic) bond motifs is 5. The van der Waals surface area contributed by atoms with Gasteiger partial charge in [-0.1, -0.05) is 26.7 Å². The highest BCUT2D eigenvalue weighted by molar-refractivity contribution is 5.88. The average molecular weight is 290 g/mol. The van der Waals surface area contributed by atoms with Gasteiger partial charge in [-0.15, -0.1) is 0 Å². The molecule has 4 aliphatic rings. The van der Waals surface area contributed by atoms with E-state index in [9.17, 15) is 9.90 Å². The van der Waals surface area contributed by atoms with Gasteiger partial charge in [0.25, 0.3) is 0 Å². The second kappa shape index (κ2) is 4.57. The molecule has 4 saturated carbocycles. The molecule has 4 aliphatic carbocycles. The fourth-order valence-corrected chi connectivity index (χ4v) is 7.13. The van der Waals surface area contributed by atoms with Crippen LogP contribution in [0.1, 0.15) is 71.6 Å². The molecule has 0 aromatic rings. The largest absolute Gasteiger partial charge is 0.392 e. The Morgan fingerprint density at radius 2 is 1.86 bits per heavy atom. The Kier molecular flexibility index (Phi) is 3.10. The maximum atomic E-state index is 12.4. The minimum atomic E-state index is -0.362. The number of aliphatic hydroxyl groups excluding tert-OH is 1. The van der Waals surface area contributed by atoms with Crippen LogP contribution in [0, 0.1) is 34.5 Å². The van der Waals surface area contributed by atoms with Gasteiger partial charge < -0.3 is 5.11 Å². The molecule has 0 bridgehead atoms. The molecule has 0 radical (unpaired) electrons. The van der Waals surface area contributed by atoms with Gasteiger partial charge in [-0.05, 0) is 61.7 Å². The minimum Gasteiger partial charge on any atom is -0.392 e. The Bertz CT molecular complexity index is 458. The summed E-state index contributed by atoms with van der Waals surface area (Å²) in [7, 11) is 0. The third kappa shape index (κ3) is 1.77. The molecular formula is C19H30O2. The highest BCUT2D eigenvalue weighted by Crippen LogP contribution is 2.65. The van der Waals surface area contributed by atoms with Gasteiger partial charge in [0.05, 0.1) is 6.10 Å². The topological polar surface area (TPSA) is 37.3 Å². The summed E-state index contributed by atoms with van der Waals surface area (Å²) in [6.07, 6.45) is 10.5. The van der Waals surface area contributed by atoms with Crippen molar-refractivity contribution < 1.29 is 9.90 Å². The minimum absolute atomic E-state index is 0.210. The van der Waals surface area contributed by atoms with E-state index in [1.165, 1.54) is 44.9 Å². The number of Topliss-reactive ketones (excluding diaryl/α,β-unsaturated/α-hetero) is 1. The molecule has 0 aliphatic heterocycles. The number of aliphatic hydroxyl groups is 1. The van der Waals surface area contributed by atoms with Crippen molar-refractivity contribution in [2.24, 2.45) is 34.5 Å². The zero-order valence-corrected chi connectivity index (χ0v) is 13.6. The molecule has 0 amide bonds. The number of ketones is 1. The van der Waals surface area contributed by atoms with Crippen molar-refractivity contribution in [3.8, 4) is 0 Å². The van der Waals surface area contributed by atoms with E-state index in [1.807, 2.05) is 0 Å². The van der Waals surface area contributed by atoms with E-state index in [1.54, 1.807) is 0 Å². The Morgan fingerprint density at radius 3 is 2.67 bits per heavy atom. The molecule has 0 aromatic heterocycles. The lowest BCUT2D eigenvalue weighted by Crippen LogP contribution is -2.54. The van der Waals surface area contributed by atoms with Crippen molar-refractivity contribution in [1.82, 2.24) is 0 Å². The smallest absolute Gasteiger partial charge is 0.141 e. The van der Waals surface area contributed by atoms with Gasteiger partial charge >= 0.3 is 0 Å². The first-order chi connectivity index (χ1) is 9.97. The van der Waals surface area contributed by atoms with Crippen LogP contribution < -0.4 is 0 Å². The van der Waals surface area contributed by atoms with Crippen LogP contribution in [0.15, 0.2) is 0 Å². The van der Waals surface area contributed by atoms with Crippen molar-refractivity contribution >= 4 is 5.78 Å². The molecule has 0 unspecified atom stereocenters. The summed E-state index contributed by atoms with van der Waals surface area (Å²) in [5.41, 5.74) is 0.284. The maximum absolute atomic E-state index is 12.4. The predicted octanol–water partition coefficient (Wildman–Crippen LogP) is 3.96. The van der Waals surface area contributed by atoms with Crippen LogP contribution in [0.2, 0.25) is 0 Å². The average Bonchev–Trinajstić information content (AvgIpc) is 2.68. The van der Waals surface area contributed by atoms with E-state index >= 15 is 0 Å². The fraction of sp³-hybridized carbons (Fsp3) is 0.947.